The lowest BCUT2D eigenvalue weighted by molar-refractivity contribution is 0.358. The second kappa shape index (κ2) is 5.80. The lowest BCUT2D eigenvalue weighted by Crippen LogP contribution is -2.38. The van der Waals surface area contributed by atoms with Crippen molar-refractivity contribution in [2.45, 2.75) is 45.7 Å². The Balaban J connectivity index is 2.49. The molecule has 0 saturated carbocycles. The molecule has 86 valence electrons. The molecule has 0 aliphatic rings. The van der Waals surface area contributed by atoms with Crippen molar-refractivity contribution >= 4 is 43.2 Å². The first-order valence-electron chi connectivity index (χ1n) is 5.13. The highest BCUT2D eigenvalue weighted by atomic mass is 79.9. The Kier molecular flexibility index (Phi) is 5.29. The molecule has 15 heavy (non-hydrogen) atoms. The molecular formula is C11H17Br2NS. The Bertz CT molecular complexity index is 301. The Morgan fingerprint density at radius 3 is 2.53 bits per heavy atom. The summed E-state index contributed by atoms with van der Waals surface area (Å²) in [4.78, 5) is 1.36. The highest BCUT2D eigenvalue weighted by molar-refractivity contribution is 9.13. The molecule has 0 spiro atoms. The van der Waals surface area contributed by atoms with Gasteiger partial charge in [-0.05, 0) is 58.2 Å². The highest BCUT2D eigenvalue weighted by Gasteiger charge is 2.15. The summed E-state index contributed by atoms with van der Waals surface area (Å²) in [5.74, 6) is 0. The molecule has 0 unspecified atom stereocenters. The first kappa shape index (κ1) is 13.7. The Labute approximate surface area is 113 Å². The molecule has 0 fully saturated rings. The van der Waals surface area contributed by atoms with Crippen molar-refractivity contribution in [1.82, 2.24) is 5.32 Å². The molecule has 0 saturated heterocycles. The van der Waals surface area contributed by atoms with Crippen LogP contribution in [-0.2, 0) is 6.54 Å². The summed E-state index contributed by atoms with van der Waals surface area (Å²) in [6, 6.07) is 2.17. The van der Waals surface area contributed by atoms with Gasteiger partial charge in [0.05, 0.1) is 3.79 Å². The van der Waals surface area contributed by atoms with Crippen LogP contribution in [0.4, 0.5) is 0 Å². The van der Waals surface area contributed by atoms with Gasteiger partial charge in [0, 0.05) is 21.4 Å². The maximum atomic E-state index is 3.59. The number of nitrogens with one attached hydrogen (secondary N) is 1. The topological polar surface area (TPSA) is 12.0 Å². The van der Waals surface area contributed by atoms with Crippen molar-refractivity contribution in [2.75, 3.05) is 0 Å². The van der Waals surface area contributed by atoms with Crippen LogP contribution in [-0.4, -0.2) is 5.54 Å². The van der Waals surface area contributed by atoms with Crippen molar-refractivity contribution in [3.8, 4) is 0 Å². The maximum absolute atomic E-state index is 3.59. The van der Waals surface area contributed by atoms with Gasteiger partial charge in [0.1, 0.15) is 0 Å². The predicted octanol–water partition coefficient (Wildman–Crippen LogP) is 4.94. The van der Waals surface area contributed by atoms with Crippen molar-refractivity contribution in [3.05, 3.63) is 19.2 Å². The normalized spacial score (nSPS) is 12.1. The van der Waals surface area contributed by atoms with Crippen molar-refractivity contribution in [1.29, 1.82) is 0 Å². The zero-order chi connectivity index (χ0) is 11.5. The van der Waals surface area contributed by atoms with Gasteiger partial charge in [-0.1, -0.05) is 13.3 Å². The van der Waals surface area contributed by atoms with Crippen LogP contribution in [0.2, 0.25) is 0 Å². The zero-order valence-electron chi connectivity index (χ0n) is 9.36. The van der Waals surface area contributed by atoms with Crippen LogP contribution >= 0.6 is 43.2 Å². The van der Waals surface area contributed by atoms with E-state index in [4.69, 9.17) is 0 Å². The summed E-state index contributed by atoms with van der Waals surface area (Å²) < 4.78 is 2.32. The average Bonchev–Trinajstić information content (AvgIpc) is 2.44. The van der Waals surface area contributed by atoms with Crippen molar-refractivity contribution in [2.24, 2.45) is 0 Å². The molecule has 0 aliphatic heterocycles. The van der Waals surface area contributed by atoms with Gasteiger partial charge in [-0.25, -0.2) is 0 Å². The van der Waals surface area contributed by atoms with Crippen LogP contribution in [0, 0.1) is 0 Å². The van der Waals surface area contributed by atoms with E-state index in [9.17, 15) is 0 Å². The number of thiophene rings is 1. The van der Waals surface area contributed by atoms with Gasteiger partial charge in [0.2, 0.25) is 0 Å². The van der Waals surface area contributed by atoms with Crippen molar-refractivity contribution in [3.63, 3.8) is 0 Å². The van der Waals surface area contributed by atoms with E-state index in [-0.39, 0.29) is 5.54 Å². The smallest absolute Gasteiger partial charge is 0.0843 e. The van der Waals surface area contributed by atoms with Crippen LogP contribution in [0.25, 0.3) is 0 Å². The van der Waals surface area contributed by atoms with Gasteiger partial charge in [0.15, 0.2) is 0 Å². The molecule has 1 N–H and O–H groups in total. The fourth-order valence-corrected chi connectivity index (χ4v) is 3.63. The van der Waals surface area contributed by atoms with Crippen molar-refractivity contribution < 1.29 is 0 Å². The van der Waals surface area contributed by atoms with Crippen LogP contribution in [0.3, 0.4) is 0 Å². The molecule has 1 heterocycles. The lowest BCUT2D eigenvalue weighted by Gasteiger charge is -2.25. The fraction of sp³-hybridized carbons (Fsp3) is 0.636. The van der Waals surface area contributed by atoms with E-state index < -0.39 is 0 Å². The van der Waals surface area contributed by atoms with E-state index >= 15 is 0 Å². The van der Waals surface area contributed by atoms with Gasteiger partial charge < -0.3 is 5.32 Å². The molecular weight excluding hydrogens is 338 g/mol. The van der Waals surface area contributed by atoms with Gasteiger partial charge >= 0.3 is 0 Å². The molecule has 0 aliphatic carbocycles. The van der Waals surface area contributed by atoms with Crippen LogP contribution in [0.5, 0.6) is 0 Å². The Morgan fingerprint density at radius 2 is 2.07 bits per heavy atom. The number of hydrogen-bond acceptors (Lipinski definition) is 2. The number of hydrogen-bond donors (Lipinski definition) is 1. The van der Waals surface area contributed by atoms with Gasteiger partial charge in [-0.15, -0.1) is 11.3 Å². The Morgan fingerprint density at radius 1 is 1.40 bits per heavy atom. The maximum Gasteiger partial charge on any atom is 0.0843 e. The quantitative estimate of drug-likeness (QED) is 0.789. The molecule has 0 atom stereocenters. The van der Waals surface area contributed by atoms with Crippen LogP contribution < -0.4 is 5.32 Å². The molecule has 1 rings (SSSR count). The predicted molar refractivity (Wildman–Crippen MR) is 75.5 cm³/mol. The molecule has 1 nitrogen and oxygen atoms in total. The first-order chi connectivity index (χ1) is 6.94. The molecule has 1 aromatic rings. The van der Waals surface area contributed by atoms with E-state index in [1.165, 1.54) is 21.5 Å². The third-order valence-electron chi connectivity index (χ3n) is 2.31. The summed E-state index contributed by atoms with van der Waals surface area (Å²) >= 11 is 8.79. The third kappa shape index (κ3) is 4.55. The van der Waals surface area contributed by atoms with Gasteiger partial charge in [-0.3, -0.25) is 0 Å². The monoisotopic (exact) mass is 353 g/mol. The molecule has 4 heteroatoms. The molecule has 0 radical (unpaired) electrons. The number of rotatable bonds is 5. The third-order valence-corrected chi connectivity index (χ3v) is 5.57. The average molecular weight is 355 g/mol. The van der Waals surface area contributed by atoms with E-state index in [2.05, 4.69) is 64.0 Å². The Hall–Kier alpha value is 0.620. The van der Waals surface area contributed by atoms with Gasteiger partial charge in [0.25, 0.3) is 0 Å². The van der Waals surface area contributed by atoms with E-state index in [1.807, 2.05) is 0 Å². The summed E-state index contributed by atoms with van der Waals surface area (Å²) in [6.45, 7) is 7.69. The molecule has 0 aromatic carbocycles. The van der Waals surface area contributed by atoms with Gasteiger partial charge in [-0.2, -0.15) is 0 Å². The summed E-state index contributed by atoms with van der Waals surface area (Å²) in [5, 5.41) is 3.59. The van der Waals surface area contributed by atoms with E-state index in [0.717, 1.165) is 11.0 Å². The summed E-state index contributed by atoms with van der Waals surface area (Å²) in [6.07, 6.45) is 2.43. The molecule has 0 bridgehead atoms. The van der Waals surface area contributed by atoms with Crippen LogP contribution in [0.15, 0.2) is 14.3 Å². The fourth-order valence-electron chi connectivity index (χ4n) is 1.52. The SMILES string of the molecule is CCCC(C)(C)NCc1cc(Br)c(Br)s1. The highest BCUT2D eigenvalue weighted by Crippen LogP contribution is 2.32. The van der Waals surface area contributed by atoms with E-state index in [1.54, 1.807) is 11.3 Å². The minimum Gasteiger partial charge on any atom is -0.307 e. The summed E-state index contributed by atoms with van der Waals surface area (Å²) in [7, 11) is 0. The molecule has 0 amide bonds. The second-order valence-electron chi connectivity index (χ2n) is 4.32. The second-order valence-corrected chi connectivity index (χ2v) is 7.63. The zero-order valence-corrected chi connectivity index (χ0v) is 13.4. The minimum atomic E-state index is 0.234. The largest absolute Gasteiger partial charge is 0.307 e. The first-order valence-corrected chi connectivity index (χ1v) is 7.53. The summed E-state index contributed by atoms with van der Waals surface area (Å²) in [5.41, 5.74) is 0.234. The minimum absolute atomic E-state index is 0.234. The molecule has 1 aromatic heterocycles. The van der Waals surface area contributed by atoms with E-state index in [0.29, 0.717) is 0 Å². The number of halogens is 2. The standard InChI is InChI=1S/C11H17Br2NS/c1-4-5-11(2,3)14-7-8-6-9(12)10(13)15-8/h6,14H,4-5,7H2,1-3H3. The van der Waals surface area contributed by atoms with Crippen LogP contribution in [0.1, 0.15) is 38.5 Å². The lowest BCUT2D eigenvalue weighted by atomic mass is 9.99.